The molecule has 0 aromatic carbocycles. The van der Waals surface area contributed by atoms with E-state index in [1.54, 1.807) is 0 Å². The van der Waals surface area contributed by atoms with Gasteiger partial charge in [-0.15, -0.1) is 23.1 Å². The first-order chi connectivity index (χ1) is 10.2. The van der Waals surface area contributed by atoms with Gasteiger partial charge in [-0.2, -0.15) is 11.8 Å². The fourth-order valence-electron chi connectivity index (χ4n) is 2.40. The van der Waals surface area contributed by atoms with Crippen LogP contribution in [0.3, 0.4) is 0 Å². The minimum Gasteiger partial charge on any atom is -0.312 e. The zero-order chi connectivity index (χ0) is 15.2. The number of rotatable bonds is 7. The Morgan fingerprint density at radius 1 is 1.19 bits per heavy atom. The van der Waals surface area contributed by atoms with Crippen LogP contribution in [-0.4, -0.2) is 27.8 Å². The molecule has 2 heterocycles. The number of hydrogen-bond donors (Lipinski definition) is 1. The Labute approximate surface area is 142 Å². The van der Waals surface area contributed by atoms with Crippen LogP contribution in [0.25, 0.3) is 0 Å². The van der Waals surface area contributed by atoms with Crippen LogP contribution in [0.5, 0.6) is 0 Å². The van der Waals surface area contributed by atoms with Crippen molar-refractivity contribution in [3.05, 3.63) is 15.6 Å². The molecule has 0 saturated carbocycles. The van der Waals surface area contributed by atoms with Crippen molar-refractivity contribution in [2.24, 2.45) is 0 Å². The number of thioether (sulfide) groups is 2. The third-order valence-corrected chi connectivity index (χ3v) is 8.58. The molecule has 0 amide bonds. The Bertz CT molecular complexity index is 433. The van der Waals surface area contributed by atoms with Gasteiger partial charge >= 0.3 is 0 Å². The van der Waals surface area contributed by atoms with Crippen LogP contribution in [0.2, 0.25) is 0 Å². The predicted octanol–water partition coefficient (Wildman–Crippen LogP) is 4.89. The lowest BCUT2D eigenvalue weighted by Gasteiger charge is -2.30. The minimum atomic E-state index is 0.599. The van der Waals surface area contributed by atoms with Crippen molar-refractivity contribution in [1.29, 1.82) is 0 Å². The highest BCUT2D eigenvalue weighted by molar-refractivity contribution is 8.07. The molecule has 5 heteroatoms. The van der Waals surface area contributed by atoms with Crippen LogP contribution in [-0.2, 0) is 13.0 Å². The van der Waals surface area contributed by atoms with Crippen molar-refractivity contribution in [2.45, 2.75) is 69.3 Å². The minimum absolute atomic E-state index is 0.599. The normalized spacial score (nSPS) is 26.2. The van der Waals surface area contributed by atoms with E-state index in [1.165, 1.54) is 34.2 Å². The maximum Gasteiger partial charge on any atom is 0.107 e. The maximum atomic E-state index is 5.01. The molecular formula is C16H28N2S3. The Morgan fingerprint density at radius 3 is 2.67 bits per heavy atom. The predicted molar refractivity (Wildman–Crippen MR) is 99.8 cm³/mol. The average molecular weight is 345 g/mol. The van der Waals surface area contributed by atoms with Gasteiger partial charge < -0.3 is 5.32 Å². The smallest absolute Gasteiger partial charge is 0.107 e. The quantitative estimate of drug-likeness (QED) is 0.712. The Balaban J connectivity index is 2.07. The summed E-state index contributed by atoms with van der Waals surface area (Å²) in [6.45, 7) is 11.3. The summed E-state index contributed by atoms with van der Waals surface area (Å²) in [5, 5.41) is 7.00. The average Bonchev–Trinajstić information content (AvgIpc) is 2.86. The van der Waals surface area contributed by atoms with E-state index in [1.807, 2.05) is 11.3 Å². The molecule has 1 aromatic rings. The summed E-state index contributed by atoms with van der Waals surface area (Å²) >= 11 is 6.18. The molecule has 120 valence electrons. The second kappa shape index (κ2) is 8.80. The van der Waals surface area contributed by atoms with Gasteiger partial charge in [-0.3, -0.25) is 0 Å². The molecule has 3 atom stereocenters. The Kier molecular flexibility index (Phi) is 7.39. The SMILES string of the molecule is CCCNCc1sc(C2CSC(C)C(C)S2)nc1CCC. The van der Waals surface area contributed by atoms with E-state index in [9.17, 15) is 0 Å². The standard InChI is InChI=1S/C16H28N2S3/c1-5-7-13-14(9-17-8-6-2)21-16(18-13)15-10-19-11(3)12(4)20-15/h11-12,15,17H,5-10H2,1-4H3. The lowest BCUT2D eigenvalue weighted by Crippen LogP contribution is -2.21. The number of aryl methyl sites for hydroxylation is 1. The van der Waals surface area contributed by atoms with Crippen molar-refractivity contribution in [2.75, 3.05) is 12.3 Å². The molecule has 21 heavy (non-hydrogen) atoms. The molecule has 1 saturated heterocycles. The van der Waals surface area contributed by atoms with Crippen LogP contribution in [0, 0.1) is 0 Å². The highest BCUT2D eigenvalue weighted by atomic mass is 32.2. The highest BCUT2D eigenvalue weighted by Crippen LogP contribution is 2.45. The van der Waals surface area contributed by atoms with Gasteiger partial charge in [-0.1, -0.05) is 34.1 Å². The lowest BCUT2D eigenvalue weighted by molar-refractivity contribution is 0.674. The molecule has 1 aliphatic rings. The van der Waals surface area contributed by atoms with E-state index in [0.29, 0.717) is 5.25 Å². The summed E-state index contributed by atoms with van der Waals surface area (Å²) in [5.74, 6) is 1.22. The summed E-state index contributed by atoms with van der Waals surface area (Å²) in [6.07, 6.45) is 3.50. The number of thiazole rings is 1. The summed E-state index contributed by atoms with van der Waals surface area (Å²) in [5.41, 5.74) is 1.35. The van der Waals surface area contributed by atoms with Crippen molar-refractivity contribution in [1.82, 2.24) is 10.3 Å². The second-order valence-corrected chi connectivity index (χ2v) is 9.83. The van der Waals surface area contributed by atoms with E-state index in [0.717, 1.165) is 30.0 Å². The first-order valence-electron chi connectivity index (χ1n) is 8.11. The first kappa shape index (κ1) is 17.6. The first-order valence-corrected chi connectivity index (χ1v) is 10.9. The fraction of sp³-hybridized carbons (Fsp3) is 0.812. The molecule has 2 rings (SSSR count). The third kappa shape index (κ3) is 4.88. The topological polar surface area (TPSA) is 24.9 Å². The zero-order valence-corrected chi connectivity index (χ0v) is 16.1. The van der Waals surface area contributed by atoms with Gasteiger partial charge in [0.25, 0.3) is 0 Å². The molecule has 1 fully saturated rings. The summed E-state index contributed by atoms with van der Waals surface area (Å²) in [6, 6.07) is 0. The van der Waals surface area contributed by atoms with E-state index in [-0.39, 0.29) is 0 Å². The van der Waals surface area contributed by atoms with Gasteiger partial charge in [0.15, 0.2) is 0 Å². The summed E-state index contributed by atoms with van der Waals surface area (Å²) in [7, 11) is 0. The van der Waals surface area contributed by atoms with E-state index < -0.39 is 0 Å². The van der Waals surface area contributed by atoms with Gasteiger partial charge in [0.05, 0.1) is 10.9 Å². The fourth-order valence-corrected chi connectivity index (χ4v) is 6.68. The number of hydrogen-bond acceptors (Lipinski definition) is 5. The number of nitrogens with zero attached hydrogens (tertiary/aromatic N) is 1. The lowest BCUT2D eigenvalue weighted by atomic mass is 10.2. The van der Waals surface area contributed by atoms with Crippen molar-refractivity contribution in [3.63, 3.8) is 0 Å². The van der Waals surface area contributed by atoms with Crippen molar-refractivity contribution in [3.8, 4) is 0 Å². The van der Waals surface area contributed by atoms with Gasteiger partial charge in [-0.25, -0.2) is 4.98 Å². The van der Waals surface area contributed by atoms with Gasteiger partial charge in [0.1, 0.15) is 5.01 Å². The Morgan fingerprint density at radius 2 is 2.00 bits per heavy atom. The van der Waals surface area contributed by atoms with Crippen LogP contribution in [0.1, 0.15) is 61.4 Å². The highest BCUT2D eigenvalue weighted by Gasteiger charge is 2.29. The number of nitrogens with one attached hydrogen (secondary N) is 1. The molecule has 3 unspecified atom stereocenters. The molecule has 0 spiro atoms. The molecule has 1 aromatic heterocycles. The van der Waals surface area contributed by atoms with E-state index >= 15 is 0 Å². The van der Waals surface area contributed by atoms with E-state index in [4.69, 9.17) is 4.98 Å². The monoisotopic (exact) mass is 344 g/mol. The van der Waals surface area contributed by atoms with E-state index in [2.05, 4.69) is 56.5 Å². The molecular weight excluding hydrogens is 316 g/mol. The largest absolute Gasteiger partial charge is 0.312 e. The number of aromatic nitrogens is 1. The molecule has 0 aliphatic carbocycles. The maximum absolute atomic E-state index is 5.01. The van der Waals surface area contributed by atoms with Crippen LogP contribution in [0.4, 0.5) is 0 Å². The summed E-state index contributed by atoms with van der Waals surface area (Å²) < 4.78 is 0. The molecule has 1 aliphatic heterocycles. The van der Waals surface area contributed by atoms with Gasteiger partial charge in [0.2, 0.25) is 0 Å². The van der Waals surface area contributed by atoms with Gasteiger partial charge in [-0.05, 0) is 19.4 Å². The summed E-state index contributed by atoms with van der Waals surface area (Å²) in [4.78, 5) is 6.48. The zero-order valence-electron chi connectivity index (χ0n) is 13.6. The molecule has 2 nitrogen and oxygen atoms in total. The molecule has 0 bridgehead atoms. The van der Waals surface area contributed by atoms with Crippen LogP contribution in [0.15, 0.2) is 0 Å². The van der Waals surface area contributed by atoms with Gasteiger partial charge in [0, 0.05) is 27.7 Å². The third-order valence-electron chi connectivity index (χ3n) is 3.82. The van der Waals surface area contributed by atoms with Crippen molar-refractivity contribution >= 4 is 34.9 Å². The Hall–Kier alpha value is 0.290. The molecule has 0 radical (unpaired) electrons. The van der Waals surface area contributed by atoms with Crippen LogP contribution >= 0.6 is 34.9 Å². The van der Waals surface area contributed by atoms with Crippen molar-refractivity contribution < 1.29 is 0 Å². The second-order valence-electron chi connectivity index (χ2n) is 5.72. The molecule has 1 N–H and O–H groups in total. The van der Waals surface area contributed by atoms with Crippen LogP contribution < -0.4 is 5.32 Å².